The zero-order valence-electron chi connectivity index (χ0n) is 10.3. The molecule has 5 heteroatoms. The minimum Gasteiger partial charge on any atom is -0.481 e. The first-order chi connectivity index (χ1) is 8.50. The van der Waals surface area contributed by atoms with Crippen molar-refractivity contribution in [2.75, 3.05) is 0 Å². The lowest BCUT2D eigenvalue weighted by molar-refractivity contribution is -0.142. The molecule has 0 aliphatic rings. The smallest absolute Gasteiger partial charge is 0.315 e. The Morgan fingerprint density at radius 2 is 2.22 bits per heavy atom. The van der Waals surface area contributed by atoms with Crippen LogP contribution in [-0.2, 0) is 16.6 Å². The molecule has 0 aliphatic carbocycles. The summed E-state index contributed by atoms with van der Waals surface area (Å²) in [6, 6.07) is 5.73. The van der Waals surface area contributed by atoms with Gasteiger partial charge in [0, 0.05) is 23.7 Å². The van der Waals surface area contributed by atoms with Crippen LogP contribution in [0.5, 0.6) is 0 Å². The van der Waals surface area contributed by atoms with Crippen molar-refractivity contribution in [3.63, 3.8) is 0 Å². The lowest BCUT2D eigenvalue weighted by atomic mass is 9.90. The van der Waals surface area contributed by atoms with Crippen molar-refractivity contribution in [3.05, 3.63) is 46.2 Å². The van der Waals surface area contributed by atoms with Gasteiger partial charge in [-0.3, -0.25) is 9.78 Å². The van der Waals surface area contributed by atoms with Gasteiger partial charge in [-0.15, -0.1) is 11.3 Å². The zero-order valence-corrected chi connectivity index (χ0v) is 11.1. The summed E-state index contributed by atoms with van der Waals surface area (Å²) in [5.74, 6) is -0.864. The molecule has 18 heavy (non-hydrogen) atoms. The standard InChI is InChI=1S/C13H14N2O2S/c1-13(2,12(16)17)10-8-18-11(15-10)7-9-5-3-4-6-14-9/h3-6,8H,7H2,1-2H3,(H,16,17). The Labute approximate surface area is 109 Å². The molecule has 0 aliphatic heterocycles. The van der Waals surface area contributed by atoms with Gasteiger partial charge < -0.3 is 5.11 Å². The van der Waals surface area contributed by atoms with Crippen LogP contribution >= 0.6 is 11.3 Å². The van der Waals surface area contributed by atoms with E-state index in [1.54, 1.807) is 20.0 Å². The number of carboxylic acid groups (broad SMARTS) is 1. The van der Waals surface area contributed by atoms with E-state index in [9.17, 15) is 4.79 Å². The maximum absolute atomic E-state index is 11.1. The molecular weight excluding hydrogens is 248 g/mol. The summed E-state index contributed by atoms with van der Waals surface area (Å²) in [4.78, 5) is 19.8. The van der Waals surface area contributed by atoms with Crippen molar-refractivity contribution < 1.29 is 9.90 Å². The number of hydrogen-bond acceptors (Lipinski definition) is 4. The molecule has 0 saturated heterocycles. The molecule has 2 rings (SSSR count). The molecule has 4 nitrogen and oxygen atoms in total. The van der Waals surface area contributed by atoms with Crippen molar-refractivity contribution in [2.24, 2.45) is 0 Å². The van der Waals surface area contributed by atoms with E-state index in [-0.39, 0.29) is 0 Å². The van der Waals surface area contributed by atoms with Crippen LogP contribution in [0.2, 0.25) is 0 Å². The molecule has 0 saturated carbocycles. The predicted molar refractivity (Wildman–Crippen MR) is 69.8 cm³/mol. The van der Waals surface area contributed by atoms with Crippen molar-refractivity contribution in [3.8, 4) is 0 Å². The quantitative estimate of drug-likeness (QED) is 0.919. The SMILES string of the molecule is CC(C)(C(=O)O)c1csc(Cc2ccccn2)n1. The number of aliphatic carboxylic acids is 1. The van der Waals surface area contributed by atoms with E-state index in [4.69, 9.17) is 5.11 Å². The van der Waals surface area contributed by atoms with E-state index in [0.29, 0.717) is 12.1 Å². The summed E-state index contributed by atoms with van der Waals surface area (Å²) in [5.41, 5.74) is 0.594. The molecule has 1 N–H and O–H groups in total. The Hall–Kier alpha value is -1.75. The minimum absolute atomic E-state index is 0.603. The molecule has 94 valence electrons. The van der Waals surface area contributed by atoms with Gasteiger partial charge in [0.05, 0.1) is 10.7 Å². The number of carboxylic acids is 1. The topological polar surface area (TPSA) is 63.1 Å². The number of nitrogens with zero attached hydrogens (tertiary/aromatic N) is 2. The van der Waals surface area contributed by atoms with Crippen LogP contribution < -0.4 is 0 Å². The highest BCUT2D eigenvalue weighted by Crippen LogP contribution is 2.25. The third kappa shape index (κ3) is 2.56. The summed E-state index contributed by atoms with van der Waals surface area (Å²) < 4.78 is 0. The summed E-state index contributed by atoms with van der Waals surface area (Å²) in [7, 11) is 0. The number of thiazole rings is 1. The van der Waals surface area contributed by atoms with Crippen molar-refractivity contribution in [2.45, 2.75) is 25.7 Å². The van der Waals surface area contributed by atoms with Crippen molar-refractivity contribution in [1.29, 1.82) is 0 Å². The molecule has 0 atom stereocenters. The molecule has 0 bridgehead atoms. The van der Waals surface area contributed by atoms with Gasteiger partial charge in [-0.25, -0.2) is 4.98 Å². The highest BCUT2D eigenvalue weighted by atomic mass is 32.1. The van der Waals surface area contributed by atoms with E-state index >= 15 is 0 Å². The van der Waals surface area contributed by atoms with Gasteiger partial charge in [-0.05, 0) is 26.0 Å². The lowest BCUT2D eigenvalue weighted by Crippen LogP contribution is -2.28. The largest absolute Gasteiger partial charge is 0.481 e. The van der Waals surface area contributed by atoms with Gasteiger partial charge in [0.1, 0.15) is 5.41 Å². The zero-order chi connectivity index (χ0) is 13.2. The minimum atomic E-state index is -0.946. The van der Waals surface area contributed by atoms with Gasteiger partial charge in [0.15, 0.2) is 0 Å². The first-order valence-electron chi connectivity index (χ1n) is 5.58. The molecule has 0 radical (unpaired) electrons. The Balaban J connectivity index is 2.19. The first kappa shape index (κ1) is 12.7. The average Bonchev–Trinajstić information content (AvgIpc) is 2.79. The third-order valence-electron chi connectivity index (χ3n) is 2.79. The number of pyridine rings is 1. The van der Waals surface area contributed by atoms with Gasteiger partial charge in [0.25, 0.3) is 0 Å². The van der Waals surface area contributed by atoms with Gasteiger partial charge >= 0.3 is 5.97 Å². The summed E-state index contributed by atoms with van der Waals surface area (Å²) in [6.45, 7) is 3.32. The fraction of sp³-hybridized carbons (Fsp3) is 0.308. The number of hydrogen-bond donors (Lipinski definition) is 1. The normalized spacial score (nSPS) is 11.4. The molecule has 0 aromatic carbocycles. The van der Waals surface area contributed by atoms with Gasteiger partial charge in [-0.1, -0.05) is 6.07 Å². The van der Waals surface area contributed by atoms with E-state index in [1.165, 1.54) is 11.3 Å². The second-order valence-corrected chi connectivity index (χ2v) is 5.50. The fourth-order valence-corrected chi connectivity index (χ4v) is 2.42. The maximum Gasteiger partial charge on any atom is 0.315 e. The van der Waals surface area contributed by atoms with Crippen molar-refractivity contribution in [1.82, 2.24) is 9.97 Å². The molecule has 0 spiro atoms. The summed E-state index contributed by atoms with van der Waals surface area (Å²) in [6.07, 6.45) is 2.38. The first-order valence-corrected chi connectivity index (χ1v) is 6.46. The second kappa shape index (κ2) is 4.86. The predicted octanol–water partition coefficient (Wildman–Crippen LogP) is 2.49. The van der Waals surface area contributed by atoms with Gasteiger partial charge in [0.2, 0.25) is 0 Å². The summed E-state index contributed by atoms with van der Waals surface area (Å²) in [5, 5.41) is 11.8. The number of aromatic nitrogens is 2. The Morgan fingerprint density at radius 1 is 1.44 bits per heavy atom. The van der Waals surface area contributed by atoms with Crippen LogP contribution in [-0.4, -0.2) is 21.0 Å². The van der Waals surface area contributed by atoms with Crippen LogP contribution in [0, 0.1) is 0 Å². The molecular formula is C13H14N2O2S. The molecule has 2 aromatic heterocycles. The monoisotopic (exact) mass is 262 g/mol. The number of carbonyl (C=O) groups is 1. The summed E-state index contributed by atoms with van der Waals surface area (Å²) >= 11 is 1.47. The molecule has 0 unspecified atom stereocenters. The van der Waals surface area contributed by atoms with E-state index < -0.39 is 11.4 Å². The molecule has 0 fully saturated rings. The molecule has 2 aromatic rings. The Kier molecular flexibility index (Phi) is 3.43. The highest BCUT2D eigenvalue weighted by molar-refractivity contribution is 7.09. The van der Waals surface area contributed by atoms with Crippen LogP contribution in [0.25, 0.3) is 0 Å². The molecule has 0 amide bonds. The van der Waals surface area contributed by atoms with Crippen LogP contribution in [0.1, 0.15) is 30.2 Å². The second-order valence-electron chi connectivity index (χ2n) is 4.55. The van der Waals surface area contributed by atoms with E-state index in [2.05, 4.69) is 9.97 Å². The van der Waals surface area contributed by atoms with E-state index in [1.807, 2.05) is 23.6 Å². The third-order valence-corrected chi connectivity index (χ3v) is 3.63. The molecule has 2 heterocycles. The average molecular weight is 262 g/mol. The van der Waals surface area contributed by atoms with E-state index in [0.717, 1.165) is 10.7 Å². The van der Waals surface area contributed by atoms with Gasteiger partial charge in [-0.2, -0.15) is 0 Å². The van der Waals surface area contributed by atoms with Crippen LogP contribution in [0.15, 0.2) is 29.8 Å². The van der Waals surface area contributed by atoms with Crippen molar-refractivity contribution >= 4 is 17.3 Å². The highest BCUT2D eigenvalue weighted by Gasteiger charge is 2.32. The van der Waals surface area contributed by atoms with Crippen LogP contribution in [0.3, 0.4) is 0 Å². The fourth-order valence-electron chi connectivity index (χ4n) is 1.45. The van der Waals surface area contributed by atoms with Crippen LogP contribution in [0.4, 0.5) is 0 Å². The lowest BCUT2D eigenvalue weighted by Gasteiger charge is -2.15. The Bertz CT molecular complexity index is 549. The maximum atomic E-state index is 11.1. The number of rotatable bonds is 4. The Morgan fingerprint density at radius 3 is 2.83 bits per heavy atom.